The van der Waals surface area contributed by atoms with Gasteiger partial charge in [0.1, 0.15) is 0 Å². The van der Waals surface area contributed by atoms with Gasteiger partial charge in [-0.1, -0.05) is 33.1 Å². The first-order valence-electron chi connectivity index (χ1n) is 7.28. The van der Waals surface area contributed by atoms with E-state index in [0.717, 1.165) is 18.0 Å². The van der Waals surface area contributed by atoms with Crippen LogP contribution in [0, 0.1) is 5.92 Å². The van der Waals surface area contributed by atoms with Crippen LogP contribution in [0.5, 0.6) is 0 Å². The monoisotopic (exact) mass is 224 g/mol. The Morgan fingerprint density at radius 3 is 2.81 bits per heavy atom. The third kappa shape index (κ3) is 2.98. The van der Waals surface area contributed by atoms with Crippen molar-refractivity contribution < 1.29 is 0 Å². The van der Waals surface area contributed by atoms with Gasteiger partial charge in [0.05, 0.1) is 0 Å². The van der Waals surface area contributed by atoms with Crippen molar-refractivity contribution in [3.63, 3.8) is 0 Å². The van der Waals surface area contributed by atoms with Gasteiger partial charge in [0.15, 0.2) is 0 Å². The Balaban J connectivity index is 1.93. The molecule has 2 nitrogen and oxygen atoms in total. The lowest BCUT2D eigenvalue weighted by atomic mass is 9.94. The quantitative estimate of drug-likeness (QED) is 0.725. The molecular weight excluding hydrogens is 196 g/mol. The minimum Gasteiger partial charge on any atom is -0.311 e. The molecule has 1 N–H and O–H groups in total. The normalized spacial score (nSPS) is 38.2. The first-order chi connectivity index (χ1) is 7.81. The summed E-state index contributed by atoms with van der Waals surface area (Å²) in [6, 6.07) is 1.61. The van der Waals surface area contributed by atoms with E-state index in [9.17, 15) is 0 Å². The summed E-state index contributed by atoms with van der Waals surface area (Å²) in [5.41, 5.74) is 0. The lowest BCUT2D eigenvalue weighted by Crippen LogP contribution is -2.55. The summed E-state index contributed by atoms with van der Waals surface area (Å²) in [4.78, 5) is 2.78. The van der Waals surface area contributed by atoms with Crippen LogP contribution in [-0.4, -0.2) is 36.6 Å². The van der Waals surface area contributed by atoms with E-state index < -0.39 is 0 Å². The summed E-state index contributed by atoms with van der Waals surface area (Å²) in [5.74, 6) is 0.915. The van der Waals surface area contributed by atoms with Crippen molar-refractivity contribution in [3.05, 3.63) is 0 Å². The molecule has 3 unspecified atom stereocenters. The molecule has 0 bridgehead atoms. The average Bonchev–Trinajstić information content (AvgIpc) is 2.54. The second-order valence-electron chi connectivity index (χ2n) is 5.74. The smallest absolute Gasteiger partial charge is 0.0193 e. The highest BCUT2D eigenvalue weighted by Crippen LogP contribution is 2.27. The van der Waals surface area contributed by atoms with Gasteiger partial charge >= 0.3 is 0 Å². The van der Waals surface area contributed by atoms with Crippen LogP contribution >= 0.6 is 0 Å². The van der Waals surface area contributed by atoms with Gasteiger partial charge in [0.2, 0.25) is 0 Å². The standard InChI is InChI=1S/C14H28N2/c1-3-13-11-16(10-9-15-13)14-8-6-4-5-7-12(14)2/h12-15H,3-11H2,1-2H3. The molecule has 2 rings (SSSR count). The maximum absolute atomic E-state index is 3.63. The van der Waals surface area contributed by atoms with Gasteiger partial charge in [-0.25, -0.2) is 0 Å². The van der Waals surface area contributed by atoms with E-state index in [1.54, 1.807) is 0 Å². The molecule has 0 aromatic rings. The number of piperazine rings is 1. The zero-order chi connectivity index (χ0) is 11.4. The van der Waals surface area contributed by atoms with Crippen molar-refractivity contribution in [2.45, 2.75) is 64.5 Å². The Morgan fingerprint density at radius 2 is 2.00 bits per heavy atom. The highest BCUT2D eigenvalue weighted by molar-refractivity contribution is 4.86. The molecule has 1 saturated heterocycles. The van der Waals surface area contributed by atoms with Crippen LogP contribution in [0.4, 0.5) is 0 Å². The van der Waals surface area contributed by atoms with Crippen LogP contribution in [0.3, 0.4) is 0 Å². The summed E-state index contributed by atoms with van der Waals surface area (Å²) >= 11 is 0. The number of hydrogen-bond donors (Lipinski definition) is 1. The zero-order valence-corrected chi connectivity index (χ0v) is 11.0. The Bertz CT molecular complexity index is 205. The minimum atomic E-state index is 0.740. The first kappa shape index (κ1) is 12.4. The summed E-state index contributed by atoms with van der Waals surface area (Å²) in [7, 11) is 0. The molecular formula is C14H28N2. The fourth-order valence-electron chi connectivity index (χ4n) is 3.44. The number of nitrogens with one attached hydrogen (secondary N) is 1. The van der Waals surface area contributed by atoms with Crippen LogP contribution in [0.25, 0.3) is 0 Å². The summed E-state index contributed by atoms with van der Waals surface area (Å²) < 4.78 is 0. The topological polar surface area (TPSA) is 15.3 Å². The van der Waals surface area contributed by atoms with Crippen molar-refractivity contribution in [1.29, 1.82) is 0 Å². The Kier molecular flexibility index (Phi) is 4.66. The maximum Gasteiger partial charge on any atom is 0.0193 e. The summed E-state index contributed by atoms with van der Waals surface area (Å²) in [5, 5.41) is 3.63. The number of rotatable bonds is 2. The van der Waals surface area contributed by atoms with Crippen molar-refractivity contribution in [1.82, 2.24) is 10.2 Å². The third-order valence-corrected chi connectivity index (χ3v) is 4.56. The predicted octanol–water partition coefficient (Wildman–Crippen LogP) is 2.64. The molecule has 1 heterocycles. The van der Waals surface area contributed by atoms with E-state index in [1.807, 2.05) is 0 Å². The molecule has 16 heavy (non-hydrogen) atoms. The molecule has 3 atom stereocenters. The van der Waals surface area contributed by atoms with Crippen molar-refractivity contribution in [2.24, 2.45) is 5.92 Å². The lowest BCUT2D eigenvalue weighted by molar-refractivity contribution is 0.101. The number of hydrogen-bond acceptors (Lipinski definition) is 2. The Hall–Kier alpha value is -0.0800. The Labute approximate surface area is 101 Å². The van der Waals surface area contributed by atoms with Gasteiger partial charge in [0.25, 0.3) is 0 Å². The molecule has 0 radical (unpaired) electrons. The van der Waals surface area contributed by atoms with E-state index in [4.69, 9.17) is 0 Å². The fraction of sp³-hybridized carbons (Fsp3) is 1.00. The Morgan fingerprint density at radius 1 is 1.19 bits per heavy atom. The molecule has 1 aliphatic heterocycles. The zero-order valence-electron chi connectivity index (χ0n) is 11.0. The average molecular weight is 224 g/mol. The van der Waals surface area contributed by atoms with Crippen molar-refractivity contribution in [2.75, 3.05) is 19.6 Å². The largest absolute Gasteiger partial charge is 0.311 e. The molecule has 0 spiro atoms. The van der Waals surface area contributed by atoms with E-state index in [0.29, 0.717) is 0 Å². The molecule has 2 heteroatoms. The van der Waals surface area contributed by atoms with Gasteiger partial charge in [-0.3, -0.25) is 4.90 Å². The fourth-order valence-corrected chi connectivity index (χ4v) is 3.44. The van der Waals surface area contributed by atoms with Crippen LogP contribution < -0.4 is 5.32 Å². The maximum atomic E-state index is 3.63. The van der Waals surface area contributed by atoms with Crippen LogP contribution in [0.1, 0.15) is 52.4 Å². The molecule has 1 saturated carbocycles. The van der Waals surface area contributed by atoms with E-state index in [2.05, 4.69) is 24.1 Å². The van der Waals surface area contributed by atoms with Gasteiger partial charge in [-0.2, -0.15) is 0 Å². The SMILES string of the molecule is CCC1CN(C2CCCCCC2C)CCN1. The second-order valence-corrected chi connectivity index (χ2v) is 5.74. The minimum absolute atomic E-state index is 0.740. The van der Waals surface area contributed by atoms with E-state index in [1.165, 1.54) is 58.2 Å². The molecule has 0 aromatic carbocycles. The first-order valence-corrected chi connectivity index (χ1v) is 7.28. The molecule has 94 valence electrons. The predicted molar refractivity (Wildman–Crippen MR) is 69.7 cm³/mol. The van der Waals surface area contributed by atoms with Gasteiger partial charge in [0, 0.05) is 31.7 Å². The molecule has 2 fully saturated rings. The summed E-state index contributed by atoms with van der Waals surface area (Å²) in [6.07, 6.45) is 8.54. The molecule has 0 amide bonds. The molecule has 2 aliphatic rings. The number of nitrogens with zero attached hydrogens (tertiary/aromatic N) is 1. The van der Waals surface area contributed by atoms with Crippen LogP contribution in [0.15, 0.2) is 0 Å². The van der Waals surface area contributed by atoms with E-state index in [-0.39, 0.29) is 0 Å². The third-order valence-electron chi connectivity index (χ3n) is 4.56. The molecule has 1 aliphatic carbocycles. The molecule has 0 aromatic heterocycles. The summed E-state index contributed by atoms with van der Waals surface area (Å²) in [6.45, 7) is 8.52. The van der Waals surface area contributed by atoms with Crippen molar-refractivity contribution in [3.8, 4) is 0 Å². The van der Waals surface area contributed by atoms with Gasteiger partial charge in [-0.15, -0.1) is 0 Å². The van der Waals surface area contributed by atoms with E-state index >= 15 is 0 Å². The second kappa shape index (κ2) is 6.02. The highest BCUT2D eigenvalue weighted by atomic mass is 15.2. The van der Waals surface area contributed by atoms with Gasteiger partial charge < -0.3 is 5.32 Å². The lowest BCUT2D eigenvalue weighted by Gasteiger charge is -2.40. The highest BCUT2D eigenvalue weighted by Gasteiger charge is 2.29. The van der Waals surface area contributed by atoms with Crippen molar-refractivity contribution >= 4 is 0 Å². The van der Waals surface area contributed by atoms with Gasteiger partial charge in [-0.05, 0) is 25.2 Å². The van der Waals surface area contributed by atoms with Crippen LogP contribution in [0.2, 0.25) is 0 Å². The van der Waals surface area contributed by atoms with Crippen LogP contribution in [-0.2, 0) is 0 Å².